The van der Waals surface area contributed by atoms with E-state index >= 15 is 0 Å². The molecule has 0 aliphatic carbocycles. The summed E-state index contributed by atoms with van der Waals surface area (Å²) >= 11 is 0. The van der Waals surface area contributed by atoms with E-state index in [2.05, 4.69) is 5.32 Å². The summed E-state index contributed by atoms with van der Waals surface area (Å²) in [5, 5.41) is 11.6. The molecule has 1 atom stereocenters. The van der Waals surface area contributed by atoms with Crippen molar-refractivity contribution >= 4 is 12.1 Å². The monoisotopic (exact) mass is 323 g/mol. The maximum absolute atomic E-state index is 11.8. The number of carbonyl (C=O) groups is 2. The van der Waals surface area contributed by atoms with E-state index in [4.69, 9.17) is 14.6 Å². The topological polar surface area (TPSA) is 84.9 Å². The van der Waals surface area contributed by atoms with Crippen molar-refractivity contribution in [2.45, 2.75) is 52.2 Å². The molecule has 0 radical (unpaired) electrons. The molecule has 1 aromatic rings. The number of benzene rings is 1. The molecule has 0 heterocycles. The molecular formula is C17H25NO5. The molecule has 2 N–H and O–H groups in total. The van der Waals surface area contributed by atoms with Gasteiger partial charge in [0, 0.05) is 6.04 Å². The quantitative estimate of drug-likeness (QED) is 0.806. The van der Waals surface area contributed by atoms with E-state index in [0.29, 0.717) is 13.0 Å². The van der Waals surface area contributed by atoms with Crippen LogP contribution in [0.25, 0.3) is 0 Å². The van der Waals surface area contributed by atoms with E-state index in [1.807, 2.05) is 31.2 Å². The largest absolute Gasteiger partial charge is 0.494 e. The number of rotatable bonds is 7. The maximum atomic E-state index is 11.8. The molecule has 1 rings (SSSR count). The zero-order chi connectivity index (χ0) is 17.5. The summed E-state index contributed by atoms with van der Waals surface area (Å²) < 4.78 is 10.5. The Morgan fingerprint density at radius 1 is 1.22 bits per heavy atom. The van der Waals surface area contributed by atoms with E-state index in [1.165, 1.54) is 0 Å². The predicted octanol–water partition coefficient (Wildman–Crippen LogP) is 3.00. The predicted molar refractivity (Wildman–Crippen MR) is 86.7 cm³/mol. The molecule has 0 saturated carbocycles. The molecule has 128 valence electrons. The van der Waals surface area contributed by atoms with Crippen LogP contribution >= 0.6 is 0 Å². The van der Waals surface area contributed by atoms with Crippen molar-refractivity contribution in [2.24, 2.45) is 0 Å². The summed E-state index contributed by atoms with van der Waals surface area (Å²) in [5.74, 6) is -0.219. The number of nitrogens with one attached hydrogen (secondary N) is 1. The lowest BCUT2D eigenvalue weighted by molar-refractivity contribution is -0.137. The molecule has 0 spiro atoms. The summed E-state index contributed by atoms with van der Waals surface area (Å²) in [6.45, 7) is 7.75. The fourth-order valence-electron chi connectivity index (χ4n) is 2.03. The van der Waals surface area contributed by atoms with Crippen LogP contribution in [0.15, 0.2) is 24.3 Å². The minimum atomic E-state index is -0.975. The number of hydrogen-bond acceptors (Lipinski definition) is 4. The molecule has 0 unspecified atom stereocenters. The average Bonchev–Trinajstić information content (AvgIpc) is 2.38. The van der Waals surface area contributed by atoms with Crippen LogP contribution in [0.4, 0.5) is 4.79 Å². The molecule has 1 aromatic carbocycles. The molecule has 0 saturated heterocycles. The lowest BCUT2D eigenvalue weighted by atomic mass is 10.0. The third-order valence-corrected chi connectivity index (χ3v) is 2.86. The second-order valence-electron chi connectivity index (χ2n) is 6.22. The minimum Gasteiger partial charge on any atom is -0.494 e. The van der Waals surface area contributed by atoms with Gasteiger partial charge in [0.2, 0.25) is 0 Å². The van der Waals surface area contributed by atoms with Crippen LogP contribution in [-0.2, 0) is 16.0 Å². The summed E-state index contributed by atoms with van der Waals surface area (Å²) in [6.07, 6.45) is -0.389. The first kappa shape index (κ1) is 18.8. The van der Waals surface area contributed by atoms with Gasteiger partial charge < -0.3 is 19.9 Å². The molecule has 0 bridgehead atoms. The highest BCUT2D eigenvalue weighted by molar-refractivity contribution is 5.71. The van der Waals surface area contributed by atoms with Crippen LogP contribution in [-0.4, -0.2) is 35.4 Å². The lowest BCUT2D eigenvalue weighted by Crippen LogP contribution is -2.41. The third kappa shape index (κ3) is 8.09. The van der Waals surface area contributed by atoms with Crippen molar-refractivity contribution in [2.75, 3.05) is 6.61 Å². The van der Waals surface area contributed by atoms with E-state index in [-0.39, 0.29) is 6.42 Å². The molecule has 0 aromatic heterocycles. The molecule has 0 aliphatic heterocycles. The highest BCUT2D eigenvalue weighted by Gasteiger charge is 2.21. The van der Waals surface area contributed by atoms with Crippen LogP contribution in [0.5, 0.6) is 5.75 Å². The van der Waals surface area contributed by atoms with Crippen molar-refractivity contribution in [3.05, 3.63) is 29.8 Å². The van der Waals surface area contributed by atoms with Gasteiger partial charge in [0.25, 0.3) is 0 Å². The molecule has 23 heavy (non-hydrogen) atoms. The number of carbonyl (C=O) groups excluding carboxylic acids is 1. The smallest absolute Gasteiger partial charge is 0.407 e. The first-order chi connectivity index (χ1) is 10.7. The van der Waals surface area contributed by atoms with E-state index < -0.39 is 23.7 Å². The summed E-state index contributed by atoms with van der Waals surface area (Å²) in [7, 11) is 0. The number of carboxylic acid groups (broad SMARTS) is 1. The number of aliphatic carboxylic acids is 1. The Kier molecular flexibility index (Phi) is 6.88. The SMILES string of the molecule is CCOc1ccc(C[C@@H](CC(=O)O)NC(=O)OC(C)(C)C)cc1. The van der Waals surface area contributed by atoms with Gasteiger partial charge in [0.05, 0.1) is 13.0 Å². The van der Waals surface area contributed by atoms with Crippen molar-refractivity contribution < 1.29 is 24.2 Å². The van der Waals surface area contributed by atoms with Crippen molar-refractivity contribution in [1.82, 2.24) is 5.32 Å². The van der Waals surface area contributed by atoms with E-state index in [9.17, 15) is 9.59 Å². The number of hydrogen-bond donors (Lipinski definition) is 2. The number of alkyl carbamates (subject to hydrolysis) is 1. The van der Waals surface area contributed by atoms with Crippen molar-refractivity contribution in [3.63, 3.8) is 0 Å². The van der Waals surface area contributed by atoms with Gasteiger partial charge >= 0.3 is 12.1 Å². The van der Waals surface area contributed by atoms with Gasteiger partial charge in [-0.25, -0.2) is 4.79 Å². The zero-order valence-electron chi connectivity index (χ0n) is 14.1. The summed E-state index contributed by atoms with van der Waals surface area (Å²) in [5.41, 5.74) is 0.285. The Bertz CT molecular complexity index is 519. The van der Waals surface area contributed by atoms with Gasteiger partial charge in [-0.2, -0.15) is 0 Å². The van der Waals surface area contributed by atoms with Crippen LogP contribution < -0.4 is 10.1 Å². The van der Waals surface area contributed by atoms with Crippen LogP contribution in [0.1, 0.15) is 39.7 Å². The number of ether oxygens (including phenoxy) is 2. The Balaban J connectivity index is 2.70. The highest BCUT2D eigenvalue weighted by Crippen LogP contribution is 2.15. The Hall–Kier alpha value is -2.24. The Morgan fingerprint density at radius 3 is 2.30 bits per heavy atom. The maximum Gasteiger partial charge on any atom is 0.407 e. The van der Waals surface area contributed by atoms with Crippen LogP contribution in [0.2, 0.25) is 0 Å². The van der Waals surface area contributed by atoms with Gasteiger partial charge in [0.1, 0.15) is 11.4 Å². The van der Waals surface area contributed by atoms with Crippen LogP contribution in [0.3, 0.4) is 0 Å². The first-order valence-electron chi connectivity index (χ1n) is 7.62. The summed E-state index contributed by atoms with van der Waals surface area (Å²) in [4.78, 5) is 22.8. The van der Waals surface area contributed by atoms with E-state index in [1.54, 1.807) is 20.8 Å². The molecular weight excluding hydrogens is 298 g/mol. The van der Waals surface area contributed by atoms with Gasteiger partial charge in [-0.05, 0) is 51.8 Å². The van der Waals surface area contributed by atoms with Crippen molar-refractivity contribution in [3.8, 4) is 5.75 Å². The normalized spacial score (nSPS) is 12.3. The van der Waals surface area contributed by atoms with Gasteiger partial charge in [-0.15, -0.1) is 0 Å². The fourth-order valence-corrected chi connectivity index (χ4v) is 2.03. The zero-order valence-corrected chi connectivity index (χ0v) is 14.1. The Morgan fingerprint density at radius 2 is 1.83 bits per heavy atom. The van der Waals surface area contributed by atoms with E-state index in [0.717, 1.165) is 11.3 Å². The molecule has 1 amide bonds. The molecule has 6 heteroatoms. The van der Waals surface area contributed by atoms with Crippen LogP contribution in [0, 0.1) is 0 Å². The highest BCUT2D eigenvalue weighted by atomic mass is 16.6. The second kappa shape index (κ2) is 8.41. The minimum absolute atomic E-state index is 0.174. The third-order valence-electron chi connectivity index (χ3n) is 2.86. The molecule has 6 nitrogen and oxygen atoms in total. The second-order valence-corrected chi connectivity index (χ2v) is 6.22. The van der Waals surface area contributed by atoms with Gasteiger partial charge in [0.15, 0.2) is 0 Å². The Labute approximate surface area is 136 Å². The van der Waals surface area contributed by atoms with Crippen molar-refractivity contribution in [1.29, 1.82) is 0 Å². The fraction of sp³-hybridized carbons (Fsp3) is 0.529. The molecule has 0 aliphatic rings. The number of amides is 1. The standard InChI is InChI=1S/C17H25NO5/c1-5-22-14-8-6-12(7-9-14)10-13(11-15(19)20)18-16(21)23-17(2,3)4/h6-9,13H,5,10-11H2,1-4H3,(H,18,21)(H,19,20)/t13-/m0/s1. The first-order valence-corrected chi connectivity index (χ1v) is 7.62. The van der Waals surface area contributed by atoms with Gasteiger partial charge in [-0.3, -0.25) is 4.79 Å². The lowest BCUT2D eigenvalue weighted by Gasteiger charge is -2.23. The van der Waals surface area contributed by atoms with Gasteiger partial charge in [-0.1, -0.05) is 12.1 Å². The average molecular weight is 323 g/mol. The summed E-state index contributed by atoms with van der Waals surface area (Å²) in [6, 6.07) is 6.82. The number of carboxylic acids is 1. The molecule has 0 fully saturated rings.